The number of likely N-dealkylation sites (N-methyl/N-ethyl adjacent to an activating group) is 1. The molecule has 90 valence electrons. The summed E-state index contributed by atoms with van der Waals surface area (Å²) in [5, 5.41) is 1.04. The van der Waals surface area contributed by atoms with Gasteiger partial charge in [-0.2, -0.15) is 0 Å². The maximum atomic E-state index is 11.5. The molecule has 0 aromatic rings. The Hall–Kier alpha value is -0.0900. The molecule has 0 atom stereocenters. The van der Waals surface area contributed by atoms with Gasteiger partial charge in [-0.3, -0.25) is 4.79 Å². The maximum absolute atomic E-state index is 11.5. The Labute approximate surface area is 101 Å². The average Bonchev–Trinajstić information content (AvgIpc) is 2.20. The Kier molecular flexibility index (Phi) is 9.10. The van der Waals surface area contributed by atoms with Crippen LogP contribution in [0.4, 0.5) is 0 Å². The quantitative estimate of drug-likeness (QED) is 0.505. The molecule has 0 heterocycles. The first kappa shape index (κ1) is 14.9. The Morgan fingerprint density at radius 2 is 2.00 bits per heavy atom. The van der Waals surface area contributed by atoms with E-state index >= 15 is 0 Å². The highest BCUT2D eigenvalue weighted by molar-refractivity contribution is 9.09. The summed E-state index contributed by atoms with van der Waals surface area (Å²) in [5.41, 5.74) is 0. The third-order valence-electron chi connectivity index (χ3n) is 2.09. The molecular weight excluding hydrogens is 258 g/mol. The first-order valence-corrected chi connectivity index (χ1v) is 6.61. The minimum atomic E-state index is 0.0718. The molecule has 0 aromatic heterocycles. The number of unbranched alkanes of at least 4 members (excludes halogenated alkanes) is 2. The van der Waals surface area contributed by atoms with E-state index in [9.17, 15) is 4.79 Å². The van der Waals surface area contributed by atoms with Crippen molar-refractivity contribution < 1.29 is 9.53 Å². The van der Waals surface area contributed by atoms with Crippen LogP contribution in [-0.4, -0.2) is 42.4 Å². The van der Waals surface area contributed by atoms with Crippen molar-refractivity contribution in [1.82, 2.24) is 4.90 Å². The van der Waals surface area contributed by atoms with E-state index in [2.05, 4.69) is 15.9 Å². The summed E-state index contributed by atoms with van der Waals surface area (Å²) < 4.78 is 5.25. The fourth-order valence-corrected chi connectivity index (χ4v) is 1.49. The van der Waals surface area contributed by atoms with E-state index in [0.717, 1.165) is 24.7 Å². The van der Waals surface area contributed by atoms with Crippen LogP contribution in [0.15, 0.2) is 0 Å². The van der Waals surface area contributed by atoms with Gasteiger partial charge in [-0.25, -0.2) is 0 Å². The zero-order valence-electron chi connectivity index (χ0n) is 9.96. The van der Waals surface area contributed by atoms with Crippen molar-refractivity contribution in [3.63, 3.8) is 0 Å². The van der Waals surface area contributed by atoms with Crippen molar-refractivity contribution in [2.24, 2.45) is 0 Å². The van der Waals surface area contributed by atoms with Gasteiger partial charge < -0.3 is 9.64 Å². The monoisotopic (exact) mass is 279 g/mol. The van der Waals surface area contributed by atoms with Gasteiger partial charge >= 0.3 is 0 Å². The summed E-state index contributed by atoms with van der Waals surface area (Å²) in [4.78, 5) is 13.2. The standard InChI is InChI=1S/C11H22BrNO2/c1-10(2)15-9-11(14)13(3)8-6-4-5-7-12/h10H,4-9H2,1-3H3. The lowest BCUT2D eigenvalue weighted by Crippen LogP contribution is -2.32. The van der Waals surface area contributed by atoms with Crippen LogP contribution in [0.3, 0.4) is 0 Å². The molecule has 0 unspecified atom stereocenters. The van der Waals surface area contributed by atoms with Gasteiger partial charge in [0.05, 0.1) is 6.10 Å². The van der Waals surface area contributed by atoms with E-state index in [-0.39, 0.29) is 18.6 Å². The summed E-state index contributed by atoms with van der Waals surface area (Å²) in [6, 6.07) is 0. The topological polar surface area (TPSA) is 29.5 Å². The number of hydrogen-bond acceptors (Lipinski definition) is 2. The lowest BCUT2D eigenvalue weighted by molar-refractivity contribution is -0.136. The minimum absolute atomic E-state index is 0.0718. The SMILES string of the molecule is CC(C)OCC(=O)N(C)CCCCCBr. The summed E-state index contributed by atoms with van der Waals surface area (Å²) >= 11 is 3.39. The molecule has 0 aromatic carbocycles. The highest BCUT2D eigenvalue weighted by Crippen LogP contribution is 2.00. The molecule has 0 saturated heterocycles. The first-order valence-electron chi connectivity index (χ1n) is 5.49. The van der Waals surface area contributed by atoms with Crippen LogP contribution in [0.1, 0.15) is 33.1 Å². The van der Waals surface area contributed by atoms with Crippen molar-refractivity contribution in [2.45, 2.75) is 39.2 Å². The molecule has 3 nitrogen and oxygen atoms in total. The van der Waals surface area contributed by atoms with Crippen LogP contribution >= 0.6 is 15.9 Å². The molecule has 0 saturated carbocycles. The number of halogens is 1. The van der Waals surface area contributed by atoms with Crippen LogP contribution < -0.4 is 0 Å². The number of rotatable bonds is 8. The van der Waals surface area contributed by atoms with Gasteiger partial charge in [0.2, 0.25) is 5.91 Å². The molecule has 0 bridgehead atoms. The highest BCUT2D eigenvalue weighted by atomic mass is 79.9. The Morgan fingerprint density at radius 3 is 2.53 bits per heavy atom. The molecule has 0 aliphatic heterocycles. The lowest BCUT2D eigenvalue weighted by Gasteiger charge is -2.17. The van der Waals surface area contributed by atoms with Gasteiger partial charge in [0.25, 0.3) is 0 Å². The van der Waals surface area contributed by atoms with Crippen LogP contribution in [0, 0.1) is 0 Å². The predicted molar refractivity (Wildman–Crippen MR) is 66.4 cm³/mol. The van der Waals surface area contributed by atoms with Crippen molar-refractivity contribution in [2.75, 3.05) is 25.5 Å². The smallest absolute Gasteiger partial charge is 0.248 e. The van der Waals surface area contributed by atoms with Crippen molar-refractivity contribution in [1.29, 1.82) is 0 Å². The Bertz CT molecular complexity index is 174. The van der Waals surface area contributed by atoms with Gasteiger partial charge in [0.15, 0.2) is 0 Å². The van der Waals surface area contributed by atoms with E-state index in [4.69, 9.17) is 4.74 Å². The van der Waals surface area contributed by atoms with Gasteiger partial charge in [-0.1, -0.05) is 22.4 Å². The second-order valence-electron chi connectivity index (χ2n) is 3.92. The Morgan fingerprint density at radius 1 is 1.33 bits per heavy atom. The minimum Gasteiger partial charge on any atom is -0.369 e. The lowest BCUT2D eigenvalue weighted by atomic mass is 10.2. The molecule has 1 amide bonds. The zero-order chi connectivity index (χ0) is 11.7. The molecular formula is C11H22BrNO2. The van der Waals surface area contributed by atoms with Gasteiger partial charge in [0.1, 0.15) is 6.61 Å². The normalized spacial score (nSPS) is 10.7. The van der Waals surface area contributed by atoms with Crippen molar-refractivity contribution in [3.05, 3.63) is 0 Å². The number of alkyl halides is 1. The fraction of sp³-hybridized carbons (Fsp3) is 0.909. The maximum Gasteiger partial charge on any atom is 0.248 e. The molecule has 15 heavy (non-hydrogen) atoms. The van der Waals surface area contributed by atoms with E-state index < -0.39 is 0 Å². The number of ether oxygens (including phenoxy) is 1. The predicted octanol–water partition coefficient (Wildman–Crippen LogP) is 2.44. The molecule has 0 spiro atoms. The third-order valence-corrected chi connectivity index (χ3v) is 2.65. The third kappa shape index (κ3) is 8.88. The second kappa shape index (κ2) is 9.16. The molecule has 0 aliphatic carbocycles. The van der Waals surface area contributed by atoms with Crippen LogP contribution in [-0.2, 0) is 9.53 Å². The van der Waals surface area contributed by atoms with Crippen molar-refractivity contribution in [3.8, 4) is 0 Å². The van der Waals surface area contributed by atoms with Crippen LogP contribution in [0.5, 0.6) is 0 Å². The van der Waals surface area contributed by atoms with Gasteiger partial charge in [-0.15, -0.1) is 0 Å². The number of hydrogen-bond donors (Lipinski definition) is 0. The number of carbonyl (C=O) groups excluding carboxylic acids is 1. The fourth-order valence-electron chi connectivity index (χ4n) is 1.09. The summed E-state index contributed by atoms with van der Waals surface area (Å²) in [7, 11) is 1.83. The number of nitrogens with zero attached hydrogens (tertiary/aromatic N) is 1. The average molecular weight is 280 g/mol. The van der Waals surface area contributed by atoms with E-state index in [1.807, 2.05) is 20.9 Å². The molecule has 0 fully saturated rings. The van der Waals surface area contributed by atoms with E-state index in [1.165, 1.54) is 6.42 Å². The largest absolute Gasteiger partial charge is 0.369 e. The van der Waals surface area contributed by atoms with Crippen LogP contribution in [0.25, 0.3) is 0 Å². The highest BCUT2D eigenvalue weighted by Gasteiger charge is 2.08. The summed E-state index contributed by atoms with van der Waals surface area (Å²) in [6.45, 7) is 4.90. The molecule has 0 rings (SSSR count). The van der Waals surface area contributed by atoms with Gasteiger partial charge in [-0.05, 0) is 26.7 Å². The number of carbonyl (C=O) groups is 1. The van der Waals surface area contributed by atoms with E-state index in [1.54, 1.807) is 4.90 Å². The first-order chi connectivity index (χ1) is 7.07. The number of amides is 1. The van der Waals surface area contributed by atoms with Gasteiger partial charge in [0, 0.05) is 18.9 Å². The summed E-state index contributed by atoms with van der Waals surface area (Å²) in [6.07, 6.45) is 3.52. The van der Waals surface area contributed by atoms with Crippen molar-refractivity contribution >= 4 is 21.8 Å². The zero-order valence-corrected chi connectivity index (χ0v) is 11.5. The summed E-state index contributed by atoms with van der Waals surface area (Å²) in [5.74, 6) is 0.0718. The molecule has 0 N–H and O–H groups in total. The Balaban J connectivity index is 3.51. The molecule has 0 radical (unpaired) electrons. The molecule has 4 heteroatoms. The van der Waals surface area contributed by atoms with E-state index in [0.29, 0.717) is 0 Å². The second-order valence-corrected chi connectivity index (χ2v) is 4.72. The van der Waals surface area contributed by atoms with Crippen LogP contribution in [0.2, 0.25) is 0 Å². The molecule has 0 aliphatic rings.